The molecule has 0 amide bonds. The normalized spacial score (nSPS) is 10.1. The summed E-state index contributed by atoms with van der Waals surface area (Å²) < 4.78 is 32.4. The minimum absolute atomic E-state index is 0.0657. The summed E-state index contributed by atoms with van der Waals surface area (Å²) in [5, 5.41) is 39.7. The molecule has 26 heavy (non-hydrogen) atoms. The standard InChI is InChI=1S/C17H10N4O4S/c18-8-12(9-19)16(10-20)21-15-7-13(26(23,24)25)6-14(17(15)22)11-4-2-1-3-5-11/h1-7,21-22H,(H,23,24,25). The molecule has 0 heterocycles. The van der Waals surface area contributed by atoms with Crippen LogP contribution >= 0.6 is 0 Å². The van der Waals surface area contributed by atoms with Gasteiger partial charge in [-0.1, -0.05) is 30.3 Å². The zero-order valence-electron chi connectivity index (χ0n) is 13.0. The number of aromatic hydroxyl groups is 1. The van der Waals surface area contributed by atoms with Crippen molar-refractivity contribution >= 4 is 15.8 Å². The zero-order chi connectivity index (χ0) is 19.3. The Balaban J connectivity index is 2.75. The molecule has 0 radical (unpaired) electrons. The molecular weight excluding hydrogens is 356 g/mol. The van der Waals surface area contributed by atoms with Crippen molar-refractivity contribution in [1.29, 1.82) is 15.8 Å². The van der Waals surface area contributed by atoms with Crippen LogP contribution in [0.3, 0.4) is 0 Å². The number of hydrogen-bond acceptors (Lipinski definition) is 7. The molecular formula is C17H10N4O4S. The van der Waals surface area contributed by atoms with E-state index in [4.69, 9.17) is 15.8 Å². The van der Waals surface area contributed by atoms with E-state index >= 15 is 0 Å². The van der Waals surface area contributed by atoms with Gasteiger partial charge in [0.15, 0.2) is 5.57 Å². The lowest BCUT2D eigenvalue weighted by Crippen LogP contribution is -2.04. The highest BCUT2D eigenvalue weighted by Crippen LogP contribution is 2.38. The first-order valence-electron chi connectivity index (χ1n) is 6.93. The summed E-state index contributed by atoms with van der Waals surface area (Å²) in [4.78, 5) is -0.538. The largest absolute Gasteiger partial charge is 0.505 e. The Morgan fingerprint density at radius 1 is 1.00 bits per heavy atom. The van der Waals surface area contributed by atoms with Crippen molar-refractivity contribution in [3.8, 4) is 35.1 Å². The number of hydrogen-bond donors (Lipinski definition) is 3. The van der Waals surface area contributed by atoms with Crippen LogP contribution in [0.1, 0.15) is 0 Å². The summed E-state index contributed by atoms with van der Waals surface area (Å²) in [5.74, 6) is -0.424. The van der Waals surface area contributed by atoms with E-state index < -0.39 is 32.0 Å². The lowest BCUT2D eigenvalue weighted by Gasteiger charge is -2.13. The summed E-state index contributed by atoms with van der Waals surface area (Å²) in [6.45, 7) is 0. The lowest BCUT2D eigenvalue weighted by molar-refractivity contribution is 0.476. The van der Waals surface area contributed by atoms with Crippen molar-refractivity contribution < 1.29 is 18.1 Å². The Bertz CT molecular complexity index is 1100. The number of benzene rings is 2. The second-order valence-electron chi connectivity index (χ2n) is 4.92. The minimum atomic E-state index is -4.63. The maximum absolute atomic E-state index is 11.5. The van der Waals surface area contributed by atoms with Crippen LogP contribution in [-0.4, -0.2) is 18.1 Å². The second kappa shape index (κ2) is 7.37. The van der Waals surface area contributed by atoms with Crippen LogP contribution < -0.4 is 5.32 Å². The molecule has 0 spiro atoms. The van der Waals surface area contributed by atoms with E-state index in [1.807, 2.05) is 0 Å². The molecule has 0 unspecified atom stereocenters. The van der Waals surface area contributed by atoms with Crippen LogP contribution in [0.25, 0.3) is 11.1 Å². The van der Waals surface area contributed by atoms with Crippen molar-refractivity contribution in [2.24, 2.45) is 0 Å². The van der Waals surface area contributed by atoms with Gasteiger partial charge in [0, 0.05) is 5.56 Å². The molecule has 2 aromatic carbocycles. The molecule has 0 aliphatic heterocycles. The van der Waals surface area contributed by atoms with Gasteiger partial charge in [0.2, 0.25) is 0 Å². The smallest absolute Gasteiger partial charge is 0.294 e. The van der Waals surface area contributed by atoms with Crippen molar-refractivity contribution in [1.82, 2.24) is 0 Å². The Morgan fingerprint density at radius 3 is 2.12 bits per heavy atom. The van der Waals surface area contributed by atoms with E-state index in [9.17, 15) is 18.1 Å². The molecule has 0 fully saturated rings. The third-order valence-electron chi connectivity index (χ3n) is 3.31. The predicted octanol–water partition coefficient (Wildman–Crippen LogP) is 2.54. The highest BCUT2D eigenvalue weighted by molar-refractivity contribution is 7.85. The van der Waals surface area contributed by atoms with Gasteiger partial charge in [0.05, 0.1) is 10.6 Å². The number of rotatable bonds is 4. The molecule has 128 valence electrons. The number of anilines is 1. The maximum Gasteiger partial charge on any atom is 0.294 e. The molecule has 0 saturated heterocycles. The Morgan fingerprint density at radius 2 is 1.62 bits per heavy atom. The maximum atomic E-state index is 11.5. The molecule has 3 N–H and O–H groups in total. The molecule has 0 saturated carbocycles. The van der Waals surface area contributed by atoms with E-state index in [1.54, 1.807) is 36.4 Å². The first kappa shape index (κ1) is 18.5. The molecule has 0 aliphatic carbocycles. The fraction of sp³-hybridized carbons (Fsp3) is 0. The Hall–Kier alpha value is -3.84. The summed E-state index contributed by atoms with van der Waals surface area (Å²) in [6.07, 6.45) is 0. The van der Waals surface area contributed by atoms with Crippen LogP contribution in [0.2, 0.25) is 0 Å². The average Bonchev–Trinajstić information content (AvgIpc) is 2.62. The van der Waals surface area contributed by atoms with Gasteiger partial charge in [-0.2, -0.15) is 24.2 Å². The van der Waals surface area contributed by atoms with E-state index in [2.05, 4.69) is 5.32 Å². The summed E-state index contributed by atoms with van der Waals surface area (Å²) >= 11 is 0. The summed E-state index contributed by atoms with van der Waals surface area (Å²) in [5.41, 5.74) is -0.779. The Labute approximate surface area is 149 Å². The van der Waals surface area contributed by atoms with Gasteiger partial charge in [-0.05, 0) is 17.7 Å². The second-order valence-corrected chi connectivity index (χ2v) is 6.34. The highest BCUT2D eigenvalue weighted by Gasteiger charge is 2.19. The highest BCUT2D eigenvalue weighted by atomic mass is 32.2. The number of allylic oxidation sites excluding steroid dienone is 2. The molecule has 0 bridgehead atoms. The lowest BCUT2D eigenvalue weighted by atomic mass is 10.0. The van der Waals surface area contributed by atoms with Crippen LogP contribution in [0.4, 0.5) is 5.69 Å². The molecule has 2 aromatic rings. The third kappa shape index (κ3) is 3.80. The van der Waals surface area contributed by atoms with Crippen molar-refractivity contribution in [3.63, 3.8) is 0 Å². The van der Waals surface area contributed by atoms with Gasteiger partial charge in [0.25, 0.3) is 10.1 Å². The number of nitrogens with zero attached hydrogens (tertiary/aromatic N) is 3. The van der Waals surface area contributed by atoms with E-state index in [-0.39, 0.29) is 11.3 Å². The molecule has 8 nitrogen and oxygen atoms in total. The first-order valence-corrected chi connectivity index (χ1v) is 8.37. The summed E-state index contributed by atoms with van der Waals surface area (Å²) in [7, 11) is -4.63. The zero-order valence-corrected chi connectivity index (χ0v) is 13.8. The molecule has 9 heteroatoms. The number of nitrogens with one attached hydrogen (secondary N) is 1. The third-order valence-corrected chi connectivity index (χ3v) is 4.14. The van der Waals surface area contributed by atoms with Gasteiger partial charge < -0.3 is 10.4 Å². The predicted molar refractivity (Wildman–Crippen MR) is 90.8 cm³/mol. The van der Waals surface area contributed by atoms with Gasteiger partial charge in [0.1, 0.15) is 29.7 Å². The molecule has 0 atom stereocenters. The van der Waals surface area contributed by atoms with Crippen molar-refractivity contribution in [2.75, 3.05) is 5.32 Å². The van der Waals surface area contributed by atoms with Crippen LogP contribution in [-0.2, 0) is 10.1 Å². The van der Waals surface area contributed by atoms with Crippen molar-refractivity contribution in [2.45, 2.75) is 4.90 Å². The van der Waals surface area contributed by atoms with E-state index in [0.717, 1.165) is 12.1 Å². The Kier molecular flexibility index (Phi) is 5.24. The number of phenols is 1. The fourth-order valence-electron chi connectivity index (χ4n) is 2.11. The van der Waals surface area contributed by atoms with Crippen LogP contribution in [0, 0.1) is 34.0 Å². The topological polar surface area (TPSA) is 158 Å². The summed E-state index contributed by atoms with van der Waals surface area (Å²) in [6, 6.07) is 14.8. The van der Waals surface area contributed by atoms with E-state index in [0.29, 0.717) is 5.56 Å². The number of phenolic OH excluding ortho intramolecular Hbond substituents is 1. The van der Waals surface area contributed by atoms with Crippen LogP contribution in [0.15, 0.2) is 58.6 Å². The van der Waals surface area contributed by atoms with Gasteiger partial charge in [-0.25, -0.2) is 0 Å². The molecule has 0 aliphatic rings. The molecule has 0 aromatic heterocycles. The number of nitriles is 3. The first-order chi connectivity index (χ1) is 12.3. The minimum Gasteiger partial charge on any atom is -0.505 e. The quantitative estimate of drug-likeness (QED) is 0.423. The fourth-order valence-corrected chi connectivity index (χ4v) is 2.64. The van der Waals surface area contributed by atoms with Gasteiger partial charge in [-0.15, -0.1) is 0 Å². The SMILES string of the molecule is N#CC(C#N)=C(C#N)Nc1cc(S(=O)(=O)O)cc(-c2ccccc2)c1O. The van der Waals surface area contributed by atoms with Gasteiger partial charge >= 0.3 is 0 Å². The van der Waals surface area contributed by atoms with E-state index in [1.165, 1.54) is 12.1 Å². The average molecular weight is 366 g/mol. The monoisotopic (exact) mass is 366 g/mol. The van der Waals surface area contributed by atoms with Crippen LogP contribution in [0.5, 0.6) is 5.75 Å². The molecule has 2 rings (SSSR count). The van der Waals surface area contributed by atoms with Crippen molar-refractivity contribution in [3.05, 3.63) is 53.7 Å². The van der Waals surface area contributed by atoms with Gasteiger partial charge in [-0.3, -0.25) is 4.55 Å².